The van der Waals surface area contributed by atoms with Crippen molar-refractivity contribution in [1.29, 1.82) is 0 Å². The molecule has 1 fully saturated rings. The van der Waals surface area contributed by atoms with Crippen LogP contribution in [0.1, 0.15) is 35.2 Å². The molecule has 142 valence electrons. The molecule has 4 nitrogen and oxygen atoms in total. The van der Waals surface area contributed by atoms with E-state index in [4.69, 9.17) is 0 Å². The number of rotatable bonds is 4. The molecule has 0 spiro atoms. The Morgan fingerprint density at radius 1 is 0.926 bits per heavy atom. The van der Waals surface area contributed by atoms with Gasteiger partial charge in [0.25, 0.3) is 5.91 Å². The van der Waals surface area contributed by atoms with Crippen LogP contribution >= 0.6 is 0 Å². The van der Waals surface area contributed by atoms with Crippen molar-refractivity contribution in [3.05, 3.63) is 71.3 Å². The molecule has 2 amide bonds. The van der Waals surface area contributed by atoms with E-state index in [2.05, 4.69) is 0 Å². The van der Waals surface area contributed by atoms with Crippen LogP contribution in [0.5, 0.6) is 0 Å². The van der Waals surface area contributed by atoms with Crippen LogP contribution in [0.25, 0.3) is 0 Å². The van der Waals surface area contributed by atoms with Gasteiger partial charge in [-0.05, 0) is 41.8 Å². The molecule has 0 saturated carbocycles. The summed E-state index contributed by atoms with van der Waals surface area (Å²) in [4.78, 5) is 28.4. The summed E-state index contributed by atoms with van der Waals surface area (Å²) in [5.74, 6) is -0.947. The van der Waals surface area contributed by atoms with Crippen LogP contribution in [-0.2, 0) is 4.79 Å². The predicted molar refractivity (Wildman–Crippen MR) is 98.3 cm³/mol. The van der Waals surface area contributed by atoms with Gasteiger partial charge >= 0.3 is 0 Å². The maximum absolute atomic E-state index is 13.3. The molecule has 1 saturated heterocycles. The highest BCUT2D eigenvalue weighted by Gasteiger charge is 2.26. The Bertz CT molecular complexity index is 815. The highest BCUT2D eigenvalue weighted by molar-refractivity contribution is 5.94. The van der Waals surface area contributed by atoms with Gasteiger partial charge in [-0.2, -0.15) is 0 Å². The first kappa shape index (κ1) is 19.0. The van der Waals surface area contributed by atoms with Gasteiger partial charge in [0.15, 0.2) is 0 Å². The molecule has 1 heterocycles. The quantitative estimate of drug-likeness (QED) is 0.825. The van der Waals surface area contributed by atoms with Gasteiger partial charge in [0.2, 0.25) is 5.91 Å². The average Bonchev–Trinajstić information content (AvgIpc) is 2.68. The number of halogens is 2. The van der Waals surface area contributed by atoms with E-state index in [9.17, 15) is 18.4 Å². The summed E-state index contributed by atoms with van der Waals surface area (Å²) in [5.41, 5.74) is 1.24. The van der Waals surface area contributed by atoms with Gasteiger partial charge in [-0.15, -0.1) is 0 Å². The van der Waals surface area contributed by atoms with Gasteiger partial charge in [0.1, 0.15) is 11.6 Å². The molecular weight excluding hydrogens is 350 g/mol. The van der Waals surface area contributed by atoms with Crippen LogP contribution in [-0.4, -0.2) is 47.8 Å². The number of carbonyl (C=O) groups is 2. The topological polar surface area (TPSA) is 40.6 Å². The fourth-order valence-corrected chi connectivity index (χ4v) is 3.26. The molecule has 1 atom stereocenters. The third-order valence-electron chi connectivity index (χ3n) is 4.91. The summed E-state index contributed by atoms with van der Waals surface area (Å²) in [7, 11) is 0. The van der Waals surface area contributed by atoms with E-state index in [-0.39, 0.29) is 23.5 Å². The third-order valence-corrected chi connectivity index (χ3v) is 4.91. The number of carbonyl (C=O) groups excluding carboxylic acids is 2. The molecule has 2 aromatic carbocycles. The maximum atomic E-state index is 13.3. The Morgan fingerprint density at radius 2 is 1.56 bits per heavy atom. The van der Waals surface area contributed by atoms with Crippen LogP contribution in [0.4, 0.5) is 8.78 Å². The van der Waals surface area contributed by atoms with E-state index in [1.165, 1.54) is 30.3 Å². The summed E-state index contributed by atoms with van der Waals surface area (Å²) in [6.45, 7) is 3.69. The van der Waals surface area contributed by atoms with Gasteiger partial charge in [0, 0.05) is 38.2 Å². The molecule has 1 unspecified atom stereocenters. The normalized spacial score (nSPS) is 15.5. The number of hydrogen-bond acceptors (Lipinski definition) is 2. The Morgan fingerprint density at radius 3 is 2.19 bits per heavy atom. The van der Waals surface area contributed by atoms with Crippen molar-refractivity contribution >= 4 is 11.8 Å². The van der Waals surface area contributed by atoms with Crippen LogP contribution in [0.15, 0.2) is 48.5 Å². The zero-order valence-electron chi connectivity index (χ0n) is 15.2. The van der Waals surface area contributed by atoms with E-state index in [0.29, 0.717) is 38.2 Å². The molecule has 27 heavy (non-hydrogen) atoms. The zero-order valence-corrected chi connectivity index (χ0v) is 15.2. The van der Waals surface area contributed by atoms with Crippen molar-refractivity contribution < 1.29 is 18.4 Å². The van der Waals surface area contributed by atoms with E-state index in [1.807, 2.05) is 6.92 Å². The third kappa shape index (κ3) is 4.70. The first-order valence-electron chi connectivity index (χ1n) is 9.02. The van der Waals surface area contributed by atoms with Crippen molar-refractivity contribution in [2.24, 2.45) is 0 Å². The standard InChI is InChI=1S/C21H22F2N2O2/c1-15(16-5-7-18(22)8-6-16)13-20(26)24-9-11-25(12-10-24)21(27)17-3-2-4-19(23)14-17/h2-8,14-15H,9-13H2,1H3. The summed E-state index contributed by atoms with van der Waals surface area (Å²) in [6.07, 6.45) is 0.337. The second-order valence-corrected chi connectivity index (χ2v) is 6.84. The lowest BCUT2D eigenvalue weighted by Crippen LogP contribution is -2.50. The minimum absolute atomic E-state index is 0.00921. The Labute approximate surface area is 157 Å². The molecular formula is C21H22F2N2O2. The SMILES string of the molecule is CC(CC(=O)N1CCN(C(=O)c2cccc(F)c2)CC1)c1ccc(F)cc1. The second kappa shape index (κ2) is 8.29. The van der Waals surface area contributed by atoms with Gasteiger partial charge < -0.3 is 9.80 Å². The fraction of sp³-hybridized carbons (Fsp3) is 0.333. The zero-order chi connectivity index (χ0) is 19.4. The first-order valence-corrected chi connectivity index (χ1v) is 9.02. The van der Waals surface area contributed by atoms with Crippen molar-refractivity contribution in [2.45, 2.75) is 19.3 Å². The number of benzene rings is 2. The lowest BCUT2D eigenvalue weighted by molar-refractivity contribution is -0.133. The first-order chi connectivity index (χ1) is 12.9. The molecule has 2 aromatic rings. The Hall–Kier alpha value is -2.76. The maximum Gasteiger partial charge on any atom is 0.254 e. The van der Waals surface area contributed by atoms with Crippen LogP contribution in [0.2, 0.25) is 0 Å². The van der Waals surface area contributed by atoms with Gasteiger partial charge in [-0.3, -0.25) is 9.59 Å². The highest BCUT2D eigenvalue weighted by Crippen LogP contribution is 2.21. The minimum atomic E-state index is -0.440. The summed E-state index contributed by atoms with van der Waals surface area (Å²) >= 11 is 0. The number of nitrogens with zero attached hydrogens (tertiary/aromatic N) is 2. The number of hydrogen-bond donors (Lipinski definition) is 0. The van der Waals surface area contributed by atoms with E-state index >= 15 is 0 Å². The average molecular weight is 372 g/mol. The summed E-state index contributed by atoms with van der Waals surface area (Å²) < 4.78 is 26.3. The highest BCUT2D eigenvalue weighted by atomic mass is 19.1. The van der Waals surface area contributed by atoms with E-state index in [1.54, 1.807) is 28.0 Å². The number of piperazine rings is 1. The monoisotopic (exact) mass is 372 g/mol. The van der Waals surface area contributed by atoms with Crippen molar-refractivity contribution in [1.82, 2.24) is 9.80 Å². The van der Waals surface area contributed by atoms with Gasteiger partial charge in [-0.1, -0.05) is 25.1 Å². The molecule has 1 aliphatic heterocycles. The van der Waals surface area contributed by atoms with Crippen molar-refractivity contribution in [3.63, 3.8) is 0 Å². The molecule has 0 radical (unpaired) electrons. The molecule has 3 rings (SSSR count). The Balaban J connectivity index is 1.53. The minimum Gasteiger partial charge on any atom is -0.339 e. The van der Waals surface area contributed by atoms with E-state index < -0.39 is 5.82 Å². The molecule has 1 aliphatic rings. The molecule has 0 aromatic heterocycles. The fourth-order valence-electron chi connectivity index (χ4n) is 3.26. The molecule has 0 bridgehead atoms. The molecule has 0 aliphatic carbocycles. The van der Waals surface area contributed by atoms with Gasteiger partial charge in [0.05, 0.1) is 0 Å². The van der Waals surface area contributed by atoms with Crippen LogP contribution in [0.3, 0.4) is 0 Å². The summed E-state index contributed by atoms with van der Waals surface area (Å²) in [5, 5.41) is 0. The lowest BCUT2D eigenvalue weighted by atomic mass is 9.97. The van der Waals surface area contributed by atoms with Crippen molar-refractivity contribution in [2.75, 3.05) is 26.2 Å². The molecule has 6 heteroatoms. The summed E-state index contributed by atoms with van der Waals surface area (Å²) in [6, 6.07) is 11.8. The van der Waals surface area contributed by atoms with Crippen molar-refractivity contribution in [3.8, 4) is 0 Å². The predicted octanol–water partition coefficient (Wildman–Crippen LogP) is 3.44. The van der Waals surface area contributed by atoms with Crippen LogP contribution < -0.4 is 0 Å². The smallest absolute Gasteiger partial charge is 0.254 e. The largest absolute Gasteiger partial charge is 0.339 e. The Kier molecular flexibility index (Phi) is 5.84. The number of amides is 2. The van der Waals surface area contributed by atoms with Gasteiger partial charge in [-0.25, -0.2) is 8.78 Å². The van der Waals surface area contributed by atoms with E-state index in [0.717, 1.165) is 5.56 Å². The molecule has 0 N–H and O–H groups in total. The second-order valence-electron chi connectivity index (χ2n) is 6.84. The lowest BCUT2D eigenvalue weighted by Gasteiger charge is -2.35. The van der Waals surface area contributed by atoms with Crippen LogP contribution in [0, 0.1) is 11.6 Å².